The number of hydrogen-bond acceptors (Lipinski definition) is 5. The van der Waals surface area contributed by atoms with E-state index in [0.29, 0.717) is 6.54 Å². The highest BCUT2D eigenvalue weighted by Crippen LogP contribution is 2.31. The van der Waals surface area contributed by atoms with Gasteiger partial charge < -0.3 is 16.2 Å². The van der Waals surface area contributed by atoms with Gasteiger partial charge in [-0.15, -0.1) is 0 Å². The van der Waals surface area contributed by atoms with Gasteiger partial charge in [-0.2, -0.15) is 4.98 Å². The van der Waals surface area contributed by atoms with Crippen molar-refractivity contribution < 1.29 is 4.74 Å². The van der Waals surface area contributed by atoms with Crippen molar-refractivity contribution in [3.8, 4) is 0 Å². The average molecular weight is 334 g/mol. The summed E-state index contributed by atoms with van der Waals surface area (Å²) in [5.41, 5.74) is 10.5. The van der Waals surface area contributed by atoms with E-state index in [1.165, 1.54) is 4.57 Å². The van der Waals surface area contributed by atoms with Gasteiger partial charge in [0.05, 0.1) is 6.10 Å². The van der Waals surface area contributed by atoms with Crippen LogP contribution >= 0.6 is 22.6 Å². The number of rotatable bonds is 2. The molecule has 1 aromatic heterocycles. The van der Waals surface area contributed by atoms with Crippen molar-refractivity contribution in [2.45, 2.75) is 12.3 Å². The second kappa shape index (κ2) is 4.52. The van der Waals surface area contributed by atoms with Crippen molar-refractivity contribution in [1.82, 2.24) is 9.55 Å². The van der Waals surface area contributed by atoms with E-state index in [1.54, 1.807) is 12.3 Å². The van der Waals surface area contributed by atoms with Crippen LogP contribution in [-0.2, 0) is 4.74 Å². The molecule has 1 aliphatic rings. The first-order valence-corrected chi connectivity index (χ1v) is 5.77. The standard InChI is InChI=1S/C9H11IN4O2/c10-6-3-5(4-11)16-8(6)14-2-1-7(12)13-9(14)15/h1-3,5,8H,4,11H2,(H2,12,13,15)/t5-,8+/m0/s1. The molecule has 0 aliphatic carbocycles. The summed E-state index contributed by atoms with van der Waals surface area (Å²) in [6.45, 7) is 0.389. The van der Waals surface area contributed by atoms with Crippen molar-refractivity contribution >= 4 is 28.4 Å². The second-order valence-electron chi connectivity index (χ2n) is 3.36. The van der Waals surface area contributed by atoms with Gasteiger partial charge in [0, 0.05) is 16.3 Å². The molecule has 0 aromatic carbocycles. The Morgan fingerprint density at radius 3 is 2.94 bits per heavy atom. The zero-order chi connectivity index (χ0) is 11.7. The molecule has 6 nitrogen and oxygen atoms in total. The average Bonchev–Trinajstić information content (AvgIpc) is 2.60. The van der Waals surface area contributed by atoms with Crippen LogP contribution in [0.4, 0.5) is 5.82 Å². The van der Waals surface area contributed by atoms with E-state index < -0.39 is 11.9 Å². The summed E-state index contributed by atoms with van der Waals surface area (Å²) >= 11 is 2.12. The molecular formula is C9H11IN4O2. The highest BCUT2D eigenvalue weighted by atomic mass is 127. The van der Waals surface area contributed by atoms with Gasteiger partial charge in [0.25, 0.3) is 0 Å². The van der Waals surface area contributed by atoms with Crippen molar-refractivity contribution in [2.24, 2.45) is 5.73 Å². The topological polar surface area (TPSA) is 96.2 Å². The van der Waals surface area contributed by atoms with Gasteiger partial charge in [-0.05, 0) is 34.7 Å². The Morgan fingerprint density at radius 2 is 2.38 bits per heavy atom. The first-order valence-electron chi connectivity index (χ1n) is 4.69. The molecule has 4 N–H and O–H groups in total. The molecule has 0 amide bonds. The summed E-state index contributed by atoms with van der Waals surface area (Å²) < 4.78 is 7.90. The van der Waals surface area contributed by atoms with E-state index in [4.69, 9.17) is 16.2 Å². The number of anilines is 1. The minimum absolute atomic E-state index is 0.152. The molecule has 0 bridgehead atoms. The third-order valence-electron chi connectivity index (χ3n) is 2.22. The fourth-order valence-corrected chi connectivity index (χ4v) is 2.30. The van der Waals surface area contributed by atoms with Gasteiger partial charge in [0.1, 0.15) is 5.82 Å². The molecule has 2 heterocycles. The van der Waals surface area contributed by atoms with Crippen LogP contribution in [0.5, 0.6) is 0 Å². The zero-order valence-electron chi connectivity index (χ0n) is 8.34. The minimum Gasteiger partial charge on any atom is -0.383 e. The van der Waals surface area contributed by atoms with E-state index in [0.717, 1.165) is 3.58 Å². The summed E-state index contributed by atoms with van der Waals surface area (Å²) in [6.07, 6.45) is 2.88. The molecule has 0 spiro atoms. The van der Waals surface area contributed by atoms with Gasteiger partial charge in [0.15, 0.2) is 6.23 Å². The van der Waals surface area contributed by atoms with Crippen LogP contribution < -0.4 is 17.2 Å². The number of nitrogens with zero attached hydrogens (tertiary/aromatic N) is 2. The predicted octanol–water partition coefficient (Wildman–Crippen LogP) is 0.000500. The molecule has 86 valence electrons. The number of hydrogen-bond donors (Lipinski definition) is 2. The maximum atomic E-state index is 11.6. The molecule has 2 atom stereocenters. The first-order chi connectivity index (χ1) is 7.61. The molecule has 0 unspecified atom stereocenters. The first kappa shape index (κ1) is 11.6. The molecule has 2 rings (SSSR count). The SMILES string of the molecule is NC[C@@H]1C=C(I)[C@H](n2ccc(N)nc2=O)O1. The Morgan fingerprint density at radius 1 is 1.62 bits per heavy atom. The van der Waals surface area contributed by atoms with E-state index in [2.05, 4.69) is 27.6 Å². The smallest absolute Gasteiger partial charge is 0.351 e. The molecule has 0 saturated heterocycles. The Balaban J connectivity index is 2.33. The largest absolute Gasteiger partial charge is 0.383 e. The van der Waals surface area contributed by atoms with Gasteiger partial charge >= 0.3 is 5.69 Å². The van der Waals surface area contributed by atoms with Crippen molar-refractivity contribution in [3.63, 3.8) is 0 Å². The lowest BCUT2D eigenvalue weighted by Gasteiger charge is -2.16. The summed E-state index contributed by atoms with van der Waals surface area (Å²) in [4.78, 5) is 15.2. The third-order valence-corrected chi connectivity index (χ3v) is 3.11. The van der Waals surface area contributed by atoms with Crippen LogP contribution in [0.25, 0.3) is 0 Å². The maximum absolute atomic E-state index is 11.6. The Hall–Kier alpha value is -0.930. The van der Waals surface area contributed by atoms with Crippen molar-refractivity contribution in [1.29, 1.82) is 0 Å². The Kier molecular flexibility index (Phi) is 3.26. The number of ether oxygens (including phenoxy) is 1. The number of nitrogens with two attached hydrogens (primary N) is 2. The molecule has 0 saturated carbocycles. The van der Waals surface area contributed by atoms with Crippen LogP contribution in [0, 0.1) is 0 Å². The molecule has 1 aliphatic heterocycles. The molecule has 16 heavy (non-hydrogen) atoms. The fourth-order valence-electron chi connectivity index (χ4n) is 1.46. The van der Waals surface area contributed by atoms with Gasteiger partial charge in [-0.25, -0.2) is 4.79 Å². The summed E-state index contributed by atoms with van der Waals surface area (Å²) in [6, 6.07) is 1.56. The van der Waals surface area contributed by atoms with Gasteiger partial charge in [0.2, 0.25) is 0 Å². The van der Waals surface area contributed by atoms with Crippen LogP contribution in [-0.4, -0.2) is 22.2 Å². The van der Waals surface area contributed by atoms with E-state index in [1.807, 2.05) is 6.08 Å². The Labute approximate surface area is 105 Å². The summed E-state index contributed by atoms with van der Waals surface area (Å²) in [5, 5.41) is 0. The molecule has 1 aromatic rings. The maximum Gasteiger partial charge on any atom is 0.351 e. The van der Waals surface area contributed by atoms with Crippen LogP contribution in [0.1, 0.15) is 6.23 Å². The lowest BCUT2D eigenvalue weighted by atomic mass is 10.3. The molecule has 0 radical (unpaired) electrons. The monoisotopic (exact) mass is 334 g/mol. The molecule has 0 fully saturated rings. The summed E-state index contributed by atoms with van der Waals surface area (Å²) in [7, 11) is 0. The van der Waals surface area contributed by atoms with Gasteiger partial charge in [-0.3, -0.25) is 4.57 Å². The van der Waals surface area contributed by atoms with Crippen molar-refractivity contribution in [3.05, 3.63) is 32.4 Å². The predicted molar refractivity (Wildman–Crippen MR) is 68.0 cm³/mol. The van der Waals surface area contributed by atoms with Crippen LogP contribution in [0.2, 0.25) is 0 Å². The quantitative estimate of drug-likeness (QED) is 0.743. The lowest BCUT2D eigenvalue weighted by molar-refractivity contribution is 0.0192. The van der Waals surface area contributed by atoms with E-state index in [9.17, 15) is 4.79 Å². The lowest BCUT2D eigenvalue weighted by Crippen LogP contribution is -2.29. The third kappa shape index (κ3) is 2.11. The number of nitrogen functional groups attached to an aromatic ring is 1. The zero-order valence-corrected chi connectivity index (χ0v) is 10.5. The number of halogens is 1. The normalized spacial score (nSPS) is 24.5. The van der Waals surface area contributed by atoms with Crippen molar-refractivity contribution in [2.75, 3.05) is 12.3 Å². The highest BCUT2D eigenvalue weighted by molar-refractivity contribution is 14.1. The van der Waals surface area contributed by atoms with E-state index in [-0.39, 0.29) is 11.9 Å². The fraction of sp³-hybridized carbons (Fsp3) is 0.333. The van der Waals surface area contributed by atoms with Crippen LogP contribution in [0.3, 0.4) is 0 Å². The number of aromatic nitrogens is 2. The van der Waals surface area contributed by atoms with E-state index >= 15 is 0 Å². The highest BCUT2D eigenvalue weighted by Gasteiger charge is 2.26. The Bertz CT molecular complexity index is 485. The summed E-state index contributed by atoms with van der Waals surface area (Å²) in [5.74, 6) is 0.202. The molecular weight excluding hydrogens is 323 g/mol. The van der Waals surface area contributed by atoms with Gasteiger partial charge in [-0.1, -0.05) is 0 Å². The van der Waals surface area contributed by atoms with Crippen LogP contribution in [0.15, 0.2) is 26.7 Å². The second-order valence-corrected chi connectivity index (χ2v) is 4.60. The minimum atomic E-state index is -0.435. The molecule has 7 heteroatoms.